The second kappa shape index (κ2) is 7.25. The van der Waals surface area contributed by atoms with Gasteiger partial charge >= 0.3 is 6.18 Å². The minimum absolute atomic E-state index is 0.120. The quantitative estimate of drug-likeness (QED) is 0.755. The first-order valence-electron chi connectivity index (χ1n) is 8.72. The monoisotopic (exact) mass is 443 g/mol. The number of aryl methyl sites for hydroxylation is 2. The number of rotatable bonds is 4. The molecule has 0 aromatic heterocycles. The topological polar surface area (TPSA) is 105 Å². The fourth-order valence-electron chi connectivity index (χ4n) is 3.46. The molecule has 1 aliphatic heterocycles. The molecule has 0 spiro atoms. The molecular weight excluding hydrogens is 423 g/mol. The summed E-state index contributed by atoms with van der Waals surface area (Å²) in [5.41, 5.74) is -2.01. The first-order chi connectivity index (χ1) is 13.8. The second-order valence-electron chi connectivity index (χ2n) is 6.99. The van der Waals surface area contributed by atoms with Gasteiger partial charge in [-0.1, -0.05) is 12.1 Å². The van der Waals surface area contributed by atoms with E-state index >= 15 is 0 Å². The molecule has 0 fully saturated rings. The molecule has 1 unspecified atom stereocenters. The molecule has 3 rings (SSSR count). The minimum atomic E-state index is -5.08. The van der Waals surface area contributed by atoms with Crippen molar-refractivity contribution in [2.24, 2.45) is 10.1 Å². The molecule has 11 heteroatoms. The van der Waals surface area contributed by atoms with Gasteiger partial charge in [0.1, 0.15) is 16.5 Å². The maximum absolute atomic E-state index is 13.6. The molecule has 0 saturated carbocycles. The van der Waals surface area contributed by atoms with Crippen LogP contribution in [-0.4, -0.2) is 44.9 Å². The maximum Gasteiger partial charge on any atom is 0.440 e. The van der Waals surface area contributed by atoms with Crippen molar-refractivity contribution < 1.29 is 31.4 Å². The average Bonchev–Trinajstić information content (AvgIpc) is 3.00. The largest absolute Gasteiger partial charge is 0.496 e. The Morgan fingerprint density at radius 1 is 1.20 bits per heavy atom. The number of amidine groups is 1. The van der Waals surface area contributed by atoms with E-state index in [2.05, 4.69) is 4.99 Å². The van der Waals surface area contributed by atoms with E-state index in [1.54, 1.807) is 26.0 Å². The summed E-state index contributed by atoms with van der Waals surface area (Å²) in [5.74, 6) is 0.319. The van der Waals surface area contributed by atoms with Crippen molar-refractivity contribution in [1.82, 2.24) is 0 Å². The van der Waals surface area contributed by atoms with Gasteiger partial charge in [0.25, 0.3) is 5.72 Å². The number of hydrogen-bond acceptors (Lipinski definition) is 6. The van der Waals surface area contributed by atoms with Gasteiger partial charge in [-0.15, -0.1) is 0 Å². The Bertz CT molecular complexity index is 1110. The van der Waals surface area contributed by atoms with E-state index in [-0.39, 0.29) is 22.0 Å². The van der Waals surface area contributed by atoms with Crippen LogP contribution >= 0.6 is 0 Å². The van der Waals surface area contributed by atoms with Crippen molar-refractivity contribution in [2.45, 2.75) is 30.6 Å². The van der Waals surface area contributed by atoms with Gasteiger partial charge < -0.3 is 14.7 Å². The van der Waals surface area contributed by atoms with E-state index in [0.29, 0.717) is 16.9 Å². The number of aliphatic hydroxyl groups is 1. The summed E-state index contributed by atoms with van der Waals surface area (Å²) in [6.45, 7) is 2.40. The highest BCUT2D eigenvalue weighted by molar-refractivity contribution is 7.89. The number of nitrogens with two attached hydrogens (primary N) is 1. The molecular formula is C19H20F3N3O4S. The number of aliphatic imine (C=N–C) groups is 1. The molecule has 162 valence electrons. The van der Waals surface area contributed by atoms with Gasteiger partial charge in [0.05, 0.1) is 19.3 Å². The highest BCUT2D eigenvalue weighted by Crippen LogP contribution is 2.40. The van der Waals surface area contributed by atoms with E-state index in [4.69, 9.17) is 9.88 Å². The lowest BCUT2D eigenvalue weighted by molar-refractivity contribution is -0.249. The van der Waals surface area contributed by atoms with Crippen LogP contribution in [0.3, 0.4) is 0 Å². The molecule has 1 heterocycles. The second-order valence-corrected chi connectivity index (χ2v) is 8.52. The van der Waals surface area contributed by atoms with Crippen LogP contribution in [0.4, 0.5) is 18.9 Å². The molecule has 0 bridgehead atoms. The summed E-state index contributed by atoms with van der Waals surface area (Å²) in [4.78, 5) is 4.20. The first-order valence-corrected chi connectivity index (χ1v) is 10.3. The van der Waals surface area contributed by atoms with E-state index < -0.39 is 28.5 Å². The molecule has 7 nitrogen and oxygen atoms in total. The summed E-state index contributed by atoms with van der Waals surface area (Å²) in [6, 6.07) is 8.45. The van der Waals surface area contributed by atoms with Gasteiger partial charge in [-0.05, 0) is 49.2 Å². The summed E-state index contributed by atoms with van der Waals surface area (Å²) in [5, 5.41) is 15.5. The molecule has 1 aliphatic rings. The van der Waals surface area contributed by atoms with Crippen LogP contribution in [0.25, 0.3) is 0 Å². The Hall–Kier alpha value is -2.63. The average molecular weight is 443 g/mol. The number of halogens is 3. The Balaban J connectivity index is 2.26. The van der Waals surface area contributed by atoms with Crippen molar-refractivity contribution in [2.75, 3.05) is 18.6 Å². The van der Waals surface area contributed by atoms with Gasteiger partial charge in [-0.2, -0.15) is 13.2 Å². The lowest BCUT2D eigenvalue weighted by atomic mass is 10.0. The fraction of sp³-hybridized carbons (Fsp3) is 0.316. The van der Waals surface area contributed by atoms with Gasteiger partial charge in [0, 0.05) is 5.56 Å². The van der Waals surface area contributed by atoms with E-state index in [9.17, 15) is 26.7 Å². The van der Waals surface area contributed by atoms with Crippen molar-refractivity contribution in [3.8, 4) is 5.75 Å². The summed E-state index contributed by atoms with van der Waals surface area (Å²) in [6.07, 6.45) is -5.08. The van der Waals surface area contributed by atoms with Gasteiger partial charge in [-0.25, -0.2) is 18.5 Å². The van der Waals surface area contributed by atoms with Crippen LogP contribution in [0.5, 0.6) is 5.75 Å². The number of ether oxygens (including phenoxy) is 1. The molecule has 30 heavy (non-hydrogen) atoms. The van der Waals surface area contributed by atoms with Crippen LogP contribution in [-0.2, 0) is 10.0 Å². The van der Waals surface area contributed by atoms with Crippen molar-refractivity contribution in [1.29, 1.82) is 0 Å². The predicted octanol–water partition coefficient (Wildman–Crippen LogP) is 2.48. The Morgan fingerprint density at radius 3 is 2.27 bits per heavy atom. The smallest absolute Gasteiger partial charge is 0.440 e. The number of β-amino-alcohol motifs (C(OH)–C–C–N with tert-alkyl or cyclic N) is 1. The third kappa shape index (κ3) is 3.75. The Kier molecular flexibility index (Phi) is 5.34. The highest BCUT2D eigenvalue weighted by Gasteiger charge is 2.59. The normalized spacial score (nSPS) is 19.7. The lowest BCUT2D eigenvalue weighted by Crippen LogP contribution is -2.48. The Morgan fingerprint density at radius 2 is 1.77 bits per heavy atom. The highest BCUT2D eigenvalue weighted by atomic mass is 32.2. The van der Waals surface area contributed by atoms with Crippen LogP contribution in [0, 0.1) is 13.8 Å². The number of benzene rings is 2. The standard InChI is InChI=1S/C19H20F3N3O4S/c1-11-8-13(9-12(2)16(11)29-3)17-24-18(26,19(20,21)22)10-25(17)14-6-4-5-7-15(14)30(23,27)28/h4-9,26H,10H2,1-3H3,(H2,23,27,28). The third-order valence-electron chi connectivity index (χ3n) is 4.76. The Labute approximate surface area is 171 Å². The van der Waals surface area contributed by atoms with Crippen molar-refractivity contribution in [3.05, 3.63) is 53.1 Å². The molecule has 0 saturated heterocycles. The predicted molar refractivity (Wildman–Crippen MR) is 105 cm³/mol. The summed E-state index contributed by atoms with van der Waals surface area (Å²) < 4.78 is 70.1. The van der Waals surface area contributed by atoms with Gasteiger partial charge in [0.2, 0.25) is 10.0 Å². The molecule has 0 amide bonds. The number of hydrogen-bond donors (Lipinski definition) is 2. The van der Waals surface area contributed by atoms with E-state index in [0.717, 1.165) is 4.90 Å². The lowest BCUT2D eigenvalue weighted by Gasteiger charge is -2.27. The molecule has 2 aromatic rings. The van der Waals surface area contributed by atoms with Crippen LogP contribution in [0.1, 0.15) is 16.7 Å². The third-order valence-corrected chi connectivity index (χ3v) is 5.72. The number of anilines is 1. The number of alkyl halides is 3. The summed E-state index contributed by atoms with van der Waals surface area (Å²) >= 11 is 0. The molecule has 0 radical (unpaired) electrons. The first kappa shape index (κ1) is 22.1. The van der Waals surface area contributed by atoms with Crippen LogP contribution in [0.15, 0.2) is 46.3 Å². The number of para-hydroxylation sites is 1. The van der Waals surface area contributed by atoms with Crippen molar-refractivity contribution in [3.63, 3.8) is 0 Å². The van der Waals surface area contributed by atoms with Gasteiger partial charge in [-0.3, -0.25) is 0 Å². The zero-order valence-electron chi connectivity index (χ0n) is 16.4. The van der Waals surface area contributed by atoms with Crippen molar-refractivity contribution >= 4 is 21.5 Å². The zero-order chi connectivity index (χ0) is 22.5. The number of sulfonamides is 1. The fourth-order valence-corrected chi connectivity index (χ4v) is 4.20. The minimum Gasteiger partial charge on any atom is -0.496 e. The summed E-state index contributed by atoms with van der Waals surface area (Å²) in [7, 11) is -2.78. The molecule has 3 N–H and O–H groups in total. The number of nitrogens with zero attached hydrogens (tertiary/aromatic N) is 2. The molecule has 0 aliphatic carbocycles. The zero-order valence-corrected chi connectivity index (χ0v) is 17.2. The maximum atomic E-state index is 13.6. The number of primary sulfonamides is 1. The van der Waals surface area contributed by atoms with Crippen LogP contribution < -0.4 is 14.8 Å². The van der Waals surface area contributed by atoms with E-state index in [1.807, 2.05) is 0 Å². The van der Waals surface area contributed by atoms with Crippen LogP contribution in [0.2, 0.25) is 0 Å². The van der Waals surface area contributed by atoms with Gasteiger partial charge in [0.15, 0.2) is 0 Å². The molecule has 1 atom stereocenters. The SMILES string of the molecule is COc1c(C)cc(C2=NC(O)(C(F)(F)F)CN2c2ccccc2S(N)(=O)=O)cc1C. The van der Waals surface area contributed by atoms with E-state index in [1.165, 1.54) is 31.4 Å². The number of methoxy groups -OCH3 is 1. The molecule has 2 aromatic carbocycles.